The van der Waals surface area contributed by atoms with E-state index in [9.17, 15) is 14.0 Å². The van der Waals surface area contributed by atoms with Crippen LogP contribution in [0.4, 0.5) is 4.39 Å². The van der Waals surface area contributed by atoms with Gasteiger partial charge < -0.3 is 0 Å². The Hall–Kier alpha value is -1.91. The molecule has 0 aliphatic heterocycles. The number of carbonyl (C=O) groups is 2. The third kappa shape index (κ3) is 3.23. The number of halogens is 1. The maximum absolute atomic E-state index is 12.8. The van der Waals surface area contributed by atoms with Crippen LogP contribution in [0.15, 0.2) is 24.3 Å². The van der Waals surface area contributed by atoms with Gasteiger partial charge in [0.15, 0.2) is 0 Å². The van der Waals surface area contributed by atoms with Crippen LogP contribution in [0.5, 0.6) is 0 Å². The Labute approximate surface area is 123 Å². The van der Waals surface area contributed by atoms with Crippen molar-refractivity contribution >= 4 is 11.8 Å². The number of hydrogen-bond acceptors (Lipinski definition) is 2. The molecule has 0 saturated heterocycles. The average Bonchev–Trinajstić information content (AvgIpc) is 3.08. The van der Waals surface area contributed by atoms with E-state index in [1.807, 2.05) is 0 Å². The number of hydrogen-bond donors (Lipinski definition) is 2. The third-order valence-corrected chi connectivity index (χ3v) is 4.75. The van der Waals surface area contributed by atoms with Crippen LogP contribution in [0.2, 0.25) is 0 Å². The fourth-order valence-corrected chi connectivity index (χ4v) is 3.72. The molecule has 112 valence electrons. The molecule has 2 fully saturated rings. The van der Waals surface area contributed by atoms with Crippen molar-refractivity contribution in [1.82, 2.24) is 10.9 Å². The van der Waals surface area contributed by atoms with Crippen LogP contribution in [0.1, 0.15) is 42.5 Å². The summed E-state index contributed by atoms with van der Waals surface area (Å²) in [6.45, 7) is 0. The minimum Gasteiger partial charge on any atom is -0.273 e. The van der Waals surface area contributed by atoms with Crippen LogP contribution < -0.4 is 10.9 Å². The summed E-state index contributed by atoms with van der Waals surface area (Å²) in [5, 5.41) is 0. The summed E-state index contributed by atoms with van der Waals surface area (Å²) in [7, 11) is 0. The maximum atomic E-state index is 12.8. The highest BCUT2D eigenvalue weighted by atomic mass is 19.1. The Bertz CT molecular complexity index is 544. The first-order chi connectivity index (χ1) is 10.1. The van der Waals surface area contributed by atoms with Crippen molar-refractivity contribution in [2.24, 2.45) is 17.8 Å². The Balaban J connectivity index is 1.45. The molecule has 0 radical (unpaired) electrons. The van der Waals surface area contributed by atoms with Crippen LogP contribution in [-0.2, 0) is 4.79 Å². The lowest BCUT2D eigenvalue weighted by Gasteiger charge is -2.20. The Morgan fingerprint density at radius 1 is 1.10 bits per heavy atom. The summed E-state index contributed by atoms with van der Waals surface area (Å²) in [5.74, 6) is 0.979. The van der Waals surface area contributed by atoms with Crippen LogP contribution in [-0.4, -0.2) is 11.8 Å². The first-order valence-corrected chi connectivity index (χ1v) is 7.46. The Morgan fingerprint density at radius 2 is 1.86 bits per heavy atom. The lowest BCUT2D eigenvalue weighted by atomic mass is 9.86. The smallest absolute Gasteiger partial charge is 0.269 e. The van der Waals surface area contributed by atoms with Gasteiger partial charge in [-0.05, 0) is 61.3 Å². The first-order valence-electron chi connectivity index (χ1n) is 7.46. The maximum Gasteiger partial charge on any atom is 0.269 e. The van der Waals surface area contributed by atoms with E-state index in [0.29, 0.717) is 23.8 Å². The standard InChI is InChI=1S/C16H19FN2O2/c17-14-5-3-11(4-6-14)16(21)19-18-15(20)9-13-8-10-1-2-12(13)7-10/h3-6,10,12-13H,1-2,7-9H2,(H,18,20)(H,19,21)/t10-,12+,13-/m0/s1. The third-order valence-electron chi connectivity index (χ3n) is 4.75. The van der Waals surface area contributed by atoms with E-state index in [4.69, 9.17) is 0 Å². The van der Waals surface area contributed by atoms with Gasteiger partial charge in [-0.2, -0.15) is 0 Å². The second-order valence-electron chi connectivity index (χ2n) is 6.15. The van der Waals surface area contributed by atoms with Gasteiger partial charge >= 0.3 is 0 Å². The van der Waals surface area contributed by atoms with Crippen molar-refractivity contribution in [3.63, 3.8) is 0 Å². The summed E-state index contributed by atoms with van der Waals surface area (Å²) in [5.41, 5.74) is 5.14. The average molecular weight is 290 g/mol. The predicted molar refractivity (Wildman–Crippen MR) is 75.6 cm³/mol. The van der Waals surface area contributed by atoms with E-state index < -0.39 is 11.7 Å². The highest BCUT2D eigenvalue weighted by Gasteiger charge is 2.40. The highest BCUT2D eigenvalue weighted by molar-refractivity contribution is 5.95. The Morgan fingerprint density at radius 3 is 2.48 bits per heavy atom. The zero-order chi connectivity index (χ0) is 14.8. The van der Waals surface area contributed by atoms with E-state index in [-0.39, 0.29) is 5.91 Å². The molecule has 2 aliphatic carbocycles. The van der Waals surface area contributed by atoms with Gasteiger partial charge in [-0.3, -0.25) is 20.4 Å². The molecule has 5 heteroatoms. The van der Waals surface area contributed by atoms with Gasteiger partial charge in [0.1, 0.15) is 5.82 Å². The first kappa shape index (κ1) is 14.0. The topological polar surface area (TPSA) is 58.2 Å². The van der Waals surface area contributed by atoms with E-state index in [0.717, 1.165) is 12.3 Å². The van der Waals surface area contributed by atoms with Gasteiger partial charge in [-0.1, -0.05) is 6.42 Å². The molecule has 21 heavy (non-hydrogen) atoms. The molecule has 0 spiro atoms. The highest BCUT2D eigenvalue weighted by Crippen LogP contribution is 2.49. The monoisotopic (exact) mass is 290 g/mol. The molecule has 0 heterocycles. The normalized spacial score (nSPS) is 26.6. The van der Waals surface area contributed by atoms with Crippen LogP contribution in [0.3, 0.4) is 0 Å². The van der Waals surface area contributed by atoms with Gasteiger partial charge in [0.05, 0.1) is 0 Å². The fourth-order valence-electron chi connectivity index (χ4n) is 3.72. The molecule has 3 rings (SSSR count). The predicted octanol–water partition coefficient (Wildman–Crippen LogP) is 2.41. The molecule has 2 saturated carbocycles. The second-order valence-corrected chi connectivity index (χ2v) is 6.15. The van der Waals surface area contributed by atoms with Crippen LogP contribution >= 0.6 is 0 Å². The zero-order valence-corrected chi connectivity index (χ0v) is 11.8. The molecule has 2 N–H and O–H groups in total. The van der Waals surface area contributed by atoms with Crippen molar-refractivity contribution in [2.45, 2.75) is 32.1 Å². The molecular weight excluding hydrogens is 271 g/mol. The summed E-state index contributed by atoms with van der Waals surface area (Å²) in [4.78, 5) is 23.7. The lowest BCUT2D eigenvalue weighted by Crippen LogP contribution is -2.42. The second kappa shape index (κ2) is 5.84. The zero-order valence-electron chi connectivity index (χ0n) is 11.8. The molecule has 0 unspecified atom stereocenters. The summed E-state index contributed by atoms with van der Waals surface area (Å²) in [6, 6.07) is 5.19. The molecule has 0 aromatic heterocycles. The molecular formula is C16H19FN2O2. The number of nitrogens with one attached hydrogen (secondary N) is 2. The molecule has 1 aromatic carbocycles. The summed E-state index contributed by atoms with van der Waals surface area (Å²) in [6.07, 6.45) is 5.43. The van der Waals surface area contributed by atoms with Gasteiger partial charge in [0.2, 0.25) is 5.91 Å². The minimum absolute atomic E-state index is 0.150. The van der Waals surface area contributed by atoms with Gasteiger partial charge in [0, 0.05) is 12.0 Å². The van der Waals surface area contributed by atoms with Crippen molar-refractivity contribution in [3.05, 3.63) is 35.6 Å². The largest absolute Gasteiger partial charge is 0.273 e. The molecule has 2 bridgehead atoms. The summed E-state index contributed by atoms with van der Waals surface area (Å²) >= 11 is 0. The molecule has 1 aromatic rings. The number of hydrazine groups is 1. The van der Waals surface area contributed by atoms with E-state index in [1.54, 1.807) is 0 Å². The van der Waals surface area contributed by atoms with Crippen molar-refractivity contribution in [2.75, 3.05) is 0 Å². The number of amides is 2. The SMILES string of the molecule is O=C(C[C@@H]1C[C@H]2CC[C@@H]1C2)NNC(=O)c1ccc(F)cc1. The van der Waals surface area contributed by atoms with Gasteiger partial charge in [-0.15, -0.1) is 0 Å². The molecule has 3 atom stereocenters. The Kier molecular flexibility index (Phi) is 3.90. The van der Waals surface area contributed by atoms with Gasteiger partial charge in [-0.25, -0.2) is 4.39 Å². The van der Waals surface area contributed by atoms with Crippen molar-refractivity contribution < 1.29 is 14.0 Å². The quantitative estimate of drug-likeness (QED) is 0.840. The molecule has 4 nitrogen and oxygen atoms in total. The van der Waals surface area contributed by atoms with E-state index in [2.05, 4.69) is 10.9 Å². The number of benzene rings is 1. The minimum atomic E-state index is -0.434. The molecule has 2 amide bonds. The van der Waals surface area contributed by atoms with Crippen molar-refractivity contribution in [3.8, 4) is 0 Å². The fraction of sp³-hybridized carbons (Fsp3) is 0.500. The van der Waals surface area contributed by atoms with Crippen LogP contribution in [0.25, 0.3) is 0 Å². The molecule has 2 aliphatic rings. The van der Waals surface area contributed by atoms with Crippen molar-refractivity contribution in [1.29, 1.82) is 0 Å². The number of rotatable bonds is 3. The van der Waals surface area contributed by atoms with Gasteiger partial charge in [0.25, 0.3) is 5.91 Å². The van der Waals surface area contributed by atoms with E-state index in [1.165, 1.54) is 43.5 Å². The van der Waals surface area contributed by atoms with Crippen LogP contribution in [0, 0.1) is 23.6 Å². The number of fused-ring (bicyclic) bond motifs is 2. The number of carbonyl (C=O) groups excluding carboxylic acids is 2. The van der Waals surface area contributed by atoms with E-state index >= 15 is 0 Å². The summed E-state index contributed by atoms with van der Waals surface area (Å²) < 4.78 is 12.8. The lowest BCUT2D eigenvalue weighted by molar-refractivity contribution is -0.123.